The fourth-order valence-corrected chi connectivity index (χ4v) is 3.08. The van der Waals surface area contributed by atoms with Gasteiger partial charge in [-0.15, -0.1) is 6.58 Å². The van der Waals surface area contributed by atoms with Crippen LogP contribution in [0.5, 0.6) is 0 Å². The van der Waals surface area contributed by atoms with Crippen LogP contribution < -0.4 is 0 Å². The highest BCUT2D eigenvalue weighted by molar-refractivity contribution is 7.08. The minimum absolute atomic E-state index is 0.0231. The number of ether oxygens (including phenoxy) is 2. The molecule has 94 valence electrons. The van der Waals surface area contributed by atoms with E-state index in [9.17, 15) is 0 Å². The predicted molar refractivity (Wildman–Crippen MR) is 72.1 cm³/mol. The van der Waals surface area contributed by atoms with Gasteiger partial charge in [0.2, 0.25) is 0 Å². The average molecular weight is 261 g/mol. The van der Waals surface area contributed by atoms with Crippen LogP contribution in [0.3, 0.4) is 0 Å². The van der Waals surface area contributed by atoms with Crippen molar-refractivity contribution in [3.63, 3.8) is 0 Å². The minimum Gasteiger partial charge on any atom is -0.376 e. The summed E-state index contributed by atoms with van der Waals surface area (Å²) in [5.41, 5.74) is 4.63. The zero-order valence-electron chi connectivity index (χ0n) is 10.1. The van der Waals surface area contributed by atoms with Crippen molar-refractivity contribution < 1.29 is 9.47 Å². The second-order valence-electron chi connectivity index (χ2n) is 4.30. The summed E-state index contributed by atoms with van der Waals surface area (Å²) in [6.07, 6.45) is 4.71. The molecule has 0 spiro atoms. The summed E-state index contributed by atoms with van der Waals surface area (Å²) in [7, 11) is 0. The number of hydrogen-bond donors (Lipinski definition) is 0. The molecule has 1 unspecified atom stereocenters. The van der Waals surface area contributed by atoms with E-state index in [0.717, 1.165) is 17.7 Å². The molecule has 0 amide bonds. The molecule has 0 saturated carbocycles. The molecule has 0 radical (unpaired) electrons. The van der Waals surface area contributed by atoms with E-state index in [1.165, 1.54) is 11.1 Å². The van der Waals surface area contributed by atoms with Gasteiger partial charge in [-0.1, -0.05) is 6.08 Å². The highest BCUT2D eigenvalue weighted by atomic mass is 32.1. The van der Waals surface area contributed by atoms with E-state index in [4.69, 9.17) is 9.47 Å². The molecule has 0 bridgehead atoms. The van der Waals surface area contributed by atoms with Crippen molar-refractivity contribution in [2.75, 3.05) is 19.8 Å². The van der Waals surface area contributed by atoms with Crippen LogP contribution in [0.4, 0.5) is 0 Å². The molecule has 18 heavy (non-hydrogen) atoms. The van der Waals surface area contributed by atoms with Crippen molar-refractivity contribution in [3.8, 4) is 11.3 Å². The fraction of sp³-hybridized carbons (Fsp3) is 0.357. The van der Waals surface area contributed by atoms with Crippen molar-refractivity contribution >= 4 is 11.3 Å². The number of rotatable bonds is 3. The highest BCUT2D eigenvalue weighted by Gasteiger charge is 2.24. The van der Waals surface area contributed by atoms with Gasteiger partial charge in [-0.2, -0.15) is 11.3 Å². The summed E-state index contributed by atoms with van der Waals surface area (Å²) < 4.78 is 11.2. The van der Waals surface area contributed by atoms with Gasteiger partial charge in [-0.25, -0.2) is 0 Å². The van der Waals surface area contributed by atoms with Crippen molar-refractivity contribution in [1.82, 2.24) is 4.98 Å². The van der Waals surface area contributed by atoms with Crippen LogP contribution in [-0.4, -0.2) is 24.8 Å². The first-order valence-electron chi connectivity index (χ1n) is 6.04. The van der Waals surface area contributed by atoms with Gasteiger partial charge in [0.25, 0.3) is 0 Å². The summed E-state index contributed by atoms with van der Waals surface area (Å²) in [5.74, 6) is 0. The maximum absolute atomic E-state index is 5.75. The van der Waals surface area contributed by atoms with Gasteiger partial charge in [0.15, 0.2) is 0 Å². The van der Waals surface area contributed by atoms with E-state index in [0.29, 0.717) is 19.8 Å². The first-order chi connectivity index (χ1) is 8.90. The Kier molecular flexibility index (Phi) is 3.41. The Morgan fingerprint density at radius 1 is 1.44 bits per heavy atom. The summed E-state index contributed by atoms with van der Waals surface area (Å²) in [6.45, 7) is 5.76. The Morgan fingerprint density at radius 2 is 2.39 bits per heavy atom. The van der Waals surface area contributed by atoms with Gasteiger partial charge in [-0.05, 0) is 17.4 Å². The summed E-state index contributed by atoms with van der Waals surface area (Å²) in [4.78, 5) is 4.54. The number of aromatic nitrogens is 1. The maximum Gasteiger partial charge on any atom is 0.108 e. The molecule has 0 aromatic heterocycles. The molecule has 0 aliphatic carbocycles. The standard InChI is InChI=1S/C14H15NO2S/c1-2-3-10-8-18-9-12-11(6-15-14(10)12)13-7-16-4-5-17-13/h2,6,8-9,13H,1,3-5,7H2. The van der Waals surface area contributed by atoms with E-state index in [-0.39, 0.29) is 6.10 Å². The monoisotopic (exact) mass is 261 g/mol. The molecule has 1 atom stereocenters. The molecule has 0 N–H and O–H groups in total. The summed E-state index contributed by atoms with van der Waals surface area (Å²) in [6, 6.07) is 0. The molecule has 3 heterocycles. The Bertz CT molecular complexity index is 517. The molecular formula is C14H15NO2S. The predicted octanol–water partition coefficient (Wildman–Crippen LogP) is 3.06. The van der Waals surface area contributed by atoms with Crippen molar-refractivity contribution in [1.29, 1.82) is 0 Å². The van der Waals surface area contributed by atoms with Gasteiger partial charge in [0.1, 0.15) is 6.10 Å². The first kappa shape index (κ1) is 11.8. The number of hydrogen-bond acceptors (Lipinski definition) is 4. The third-order valence-corrected chi connectivity index (χ3v) is 3.92. The Morgan fingerprint density at radius 3 is 3.17 bits per heavy atom. The molecule has 3 aliphatic heterocycles. The van der Waals surface area contributed by atoms with E-state index < -0.39 is 0 Å². The van der Waals surface area contributed by atoms with E-state index in [2.05, 4.69) is 22.3 Å². The first-order valence-corrected chi connectivity index (χ1v) is 6.98. The van der Waals surface area contributed by atoms with Crippen LogP contribution in [0.15, 0.2) is 29.6 Å². The topological polar surface area (TPSA) is 31.4 Å². The molecule has 1 saturated heterocycles. The minimum atomic E-state index is 0.0231. The third-order valence-electron chi connectivity index (χ3n) is 3.13. The smallest absolute Gasteiger partial charge is 0.108 e. The van der Waals surface area contributed by atoms with Crippen LogP contribution in [-0.2, 0) is 15.9 Å². The zero-order chi connectivity index (χ0) is 12.4. The number of fused-ring (bicyclic) bond motifs is 1. The molecule has 0 aromatic rings. The van der Waals surface area contributed by atoms with Gasteiger partial charge < -0.3 is 9.47 Å². The molecule has 1 fully saturated rings. The second kappa shape index (κ2) is 5.18. The van der Waals surface area contributed by atoms with Gasteiger partial charge >= 0.3 is 0 Å². The normalized spacial score (nSPS) is 20.1. The van der Waals surface area contributed by atoms with Crippen LogP contribution >= 0.6 is 11.3 Å². The lowest BCUT2D eigenvalue weighted by Gasteiger charge is -2.23. The van der Waals surface area contributed by atoms with E-state index in [1.54, 1.807) is 11.3 Å². The summed E-state index contributed by atoms with van der Waals surface area (Å²) >= 11 is 1.70. The second-order valence-corrected chi connectivity index (χ2v) is 5.04. The van der Waals surface area contributed by atoms with Crippen molar-refractivity contribution in [2.24, 2.45) is 0 Å². The molecule has 3 aliphatic rings. The van der Waals surface area contributed by atoms with Gasteiger partial charge in [0.05, 0.1) is 25.5 Å². The zero-order valence-corrected chi connectivity index (χ0v) is 10.9. The van der Waals surface area contributed by atoms with Gasteiger partial charge in [-0.3, -0.25) is 4.98 Å². The Balaban J connectivity index is 1.96. The molecular weight excluding hydrogens is 246 g/mol. The maximum atomic E-state index is 5.75. The van der Waals surface area contributed by atoms with Gasteiger partial charge in [0, 0.05) is 22.7 Å². The molecule has 4 heteroatoms. The van der Waals surface area contributed by atoms with Crippen LogP contribution in [0, 0.1) is 0 Å². The van der Waals surface area contributed by atoms with Crippen molar-refractivity contribution in [3.05, 3.63) is 40.7 Å². The third kappa shape index (κ3) is 2.07. The van der Waals surface area contributed by atoms with Crippen molar-refractivity contribution in [2.45, 2.75) is 12.5 Å². The van der Waals surface area contributed by atoms with Crippen LogP contribution in [0.25, 0.3) is 11.3 Å². The molecule has 3 nitrogen and oxygen atoms in total. The Hall–Kier alpha value is -1.23. The average Bonchev–Trinajstić information content (AvgIpc) is 2.85. The van der Waals surface area contributed by atoms with E-state index >= 15 is 0 Å². The van der Waals surface area contributed by atoms with E-state index in [1.807, 2.05) is 12.3 Å². The number of nitrogens with zero attached hydrogens (tertiary/aromatic N) is 1. The number of allylic oxidation sites excluding steroid dienone is 1. The summed E-state index contributed by atoms with van der Waals surface area (Å²) in [5, 5.41) is 4.28. The quantitative estimate of drug-likeness (QED) is 0.796. The SMILES string of the molecule is C=CCc1cscc2c(C3COCCO3)cnc1-2. The lowest BCUT2D eigenvalue weighted by molar-refractivity contribution is -0.0898. The largest absolute Gasteiger partial charge is 0.376 e. The lowest BCUT2D eigenvalue weighted by atomic mass is 10.0. The Labute approximate surface area is 110 Å². The fourth-order valence-electron chi connectivity index (χ4n) is 2.25. The lowest BCUT2D eigenvalue weighted by Crippen LogP contribution is -2.21. The highest BCUT2D eigenvalue weighted by Crippen LogP contribution is 2.36. The molecule has 0 aromatic carbocycles. The molecule has 3 rings (SSSR count). The van der Waals surface area contributed by atoms with Crippen LogP contribution in [0.1, 0.15) is 17.2 Å². The van der Waals surface area contributed by atoms with Crippen LogP contribution in [0.2, 0.25) is 0 Å².